The zero-order valence-electron chi connectivity index (χ0n) is 59.5. The molecular formula is C92H84N6. The maximum absolute atomic E-state index is 10.0. The number of benzene rings is 11. The molecule has 0 bridgehead atoms. The van der Waals surface area contributed by atoms with Gasteiger partial charge in [-0.2, -0.15) is 5.26 Å². The number of nitriles is 1. The van der Waals surface area contributed by atoms with Crippen LogP contribution in [0.3, 0.4) is 0 Å². The summed E-state index contributed by atoms with van der Waals surface area (Å²) in [4.78, 5) is 17.5. The van der Waals surface area contributed by atoms with Gasteiger partial charge in [0.05, 0.1) is 45.1 Å². The van der Waals surface area contributed by atoms with E-state index in [1.165, 1.54) is 88.3 Å². The second-order valence-electron chi connectivity index (χ2n) is 32.9. The van der Waals surface area contributed by atoms with Crippen molar-refractivity contribution in [1.82, 2.24) is 24.1 Å². The smallest absolute Gasteiger partial charge is 0.166 e. The fourth-order valence-electron chi connectivity index (χ4n) is 15.8. The van der Waals surface area contributed by atoms with Crippen LogP contribution in [0.4, 0.5) is 0 Å². The highest BCUT2D eigenvalue weighted by molar-refractivity contribution is 6.14. The van der Waals surface area contributed by atoms with Gasteiger partial charge in [-0.25, -0.2) is 15.0 Å². The largest absolute Gasteiger partial charge is 0.309 e. The van der Waals surface area contributed by atoms with E-state index >= 15 is 0 Å². The Morgan fingerprint density at radius 3 is 1.11 bits per heavy atom. The highest BCUT2D eigenvalue weighted by Crippen LogP contribution is 2.54. The van der Waals surface area contributed by atoms with Crippen LogP contribution in [0.2, 0.25) is 0 Å². The summed E-state index contributed by atoms with van der Waals surface area (Å²) in [5, 5.41) is 14.8. The summed E-state index contributed by atoms with van der Waals surface area (Å²) in [7, 11) is 0. The molecule has 6 nitrogen and oxygen atoms in total. The molecule has 0 spiro atoms. The summed E-state index contributed by atoms with van der Waals surface area (Å²) >= 11 is 0. The van der Waals surface area contributed by atoms with E-state index < -0.39 is 0 Å². The molecule has 0 saturated heterocycles. The Hall–Kier alpha value is -10.5. The summed E-state index contributed by atoms with van der Waals surface area (Å²) in [5.74, 6) is 1.79. The number of hydrogen-bond acceptors (Lipinski definition) is 4. The van der Waals surface area contributed by atoms with Gasteiger partial charge >= 0.3 is 0 Å². The van der Waals surface area contributed by atoms with Gasteiger partial charge in [-0.05, 0) is 202 Å². The van der Waals surface area contributed by atoms with Gasteiger partial charge in [0.25, 0.3) is 0 Å². The molecule has 482 valence electrons. The van der Waals surface area contributed by atoms with Crippen LogP contribution >= 0.6 is 0 Å². The molecule has 0 atom stereocenters. The molecule has 0 fully saturated rings. The van der Waals surface area contributed by atoms with Crippen LogP contribution in [-0.4, -0.2) is 24.1 Å². The lowest BCUT2D eigenvalue weighted by atomic mass is 9.79. The number of rotatable bonds is 7. The van der Waals surface area contributed by atoms with E-state index in [0.29, 0.717) is 23.0 Å². The molecule has 2 aliphatic rings. The molecule has 98 heavy (non-hydrogen) atoms. The molecule has 0 saturated carbocycles. The van der Waals surface area contributed by atoms with Crippen LogP contribution in [0.25, 0.3) is 134 Å². The van der Waals surface area contributed by atoms with E-state index in [0.717, 1.165) is 72.4 Å². The zero-order chi connectivity index (χ0) is 68.5. The summed E-state index contributed by atoms with van der Waals surface area (Å²) in [5.41, 5.74) is 28.0. The third-order valence-corrected chi connectivity index (χ3v) is 21.6. The van der Waals surface area contributed by atoms with E-state index in [4.69, 9.17) is 15.0 Å². The summed E-state index contributed by atoms with van der Waals surface area (Å²) in [6.45, 7) is 37.0. The van der Waals surface area contributed by atoms with Gasteiger partial charge in [0.1, 0.15) is 0 Å². The van der Waals surface area contributed by atoms with Gasteiger partial charge in [-0.3, -0.25) is 0 Å². The number of fused-ring (bicyclic) bond motifs is 12. The average molecular weight is 1270 g/mol. The normalized spacial score (nSPS) is 14.1. The summed E-state index contributed by atoms with van der Waals surface area (Å²) in [6.07, 6.45) is 0. The molecule has 14 aromatic rings. The quantitative estimate of drug-likeness (QED) is 0.159. The van der Waals surface area contributed by atoms with Crippen molar-refractivity contribution in [2.24, 2.45) is 0 Å². The monoisotopic (exact) mass is 1270 g/mol. The van der Waals surface area contributed by atoms with Gasteiger partial charge in [0, 0.05) is 54.6 Å². The molecule has 0 unspecified atom stereocenters. The van der Waals surface area contributed by atoms with E-state index in [2.05, 4.69) is 332 Å². The van der Waals surface area contributed by atoms with E-state index in [-0.39, 0.29) is 32.5 Å². The first-order valence-corrected chi connectivity index (χ1v) is 34.8. The van der Waals surface area contributed by atoms with Crippen molar-refractivity contribution in [3.05, 3.63) is 268 Å². The predicted molar refractivity (Wildman–Crippen MR) is 410 cm³/mol. The zero-order valence-corrected chi connectivity index (χ0v) is 59.5. The maximum Gasteiger partial charge on any atom is 0.166 e. The van der Waals surface area contributed by atoms with Crippen molar-refractivity contribution < 1.29 is 0 Å². The third-order valence-electron chi connectivity index (χ3n) is 21.6. The highest BCUT2D eigenvalue weighted by Gasteiger charge is 2.39. The van der Waals surface area contributed by atoms with Gasteiger partial charge in [0.15, 0.2) is 17.5 Å². The maximum atomic E-state index is 10.0. The number of nitrogens with zero attached hydrogens (tertiary/aromatic N) is 6. The van der Waals surface area contributed by atoms with Crippen molar-refractivity contribution >= 4 is 43.6 Å². The minimum absolute atomic E-state index is 0.173. The number of aromatic nitrogens is 5. The second kappa shape index (κ2) is 21.8. The Labute approximate surface area is 577 Å². The molecule has 2 aliphatic carbocycles. The lowest BCUT2D eigenvalue weighted by Gasteiger charge is -2.26. The van der Waals surface area contributed by atoms with E-state index in [9.17, 15) is 5.26 Å². The summed E-state index contributed by atoms with van der Waals surface area (Å²) < 4.78 is 5.00. The SMILES string of the molecule is CC(C)(C)c1cc(-c2nc(-c3cc(C(C)(C)C)cc(C(C)(C)C)c3)nc(-c3cc(-c4cc(-c5ccc(C#N)cc5)ccc4-n4c5ccccc5c5cc6c(cc54)C(C)(C)c4ccccc4-6)ccc3-n3c4ccccc4c4cc5c(cc43)C(C)(C)c3ccccc3-5)n2)cc(C(C)(C)C)c1. The van der Waals surface area contributed by atoms with Crippen molar-refractivity contribution in [3.8, 4) is 96.1 Å². The molecule has 3 aromatic heterocycles. The molecule has 11 aromatic carbocycles. The van der Waals surface area contributed by atoms with Crippen LogP contribution in [0.5, 0.6) is 0 Å². The van der Waals surface area contributed by atoms with Crippen LogP contribution in [-0.2, 0) is 32.5 Å². The average Bonchev–Trinajstić information content (AvgIpc) is 1.55. The molecule has 16 rings (SSSR count). The first-order chi connectivity index (χ1) is 46.5. The van der Waals surface area contributed by atoms with Crippen LogP contribution in [0.1, 0.15) is 161 Å². The first-order valence-electron chi connectivity index (χ1n) is 34.8. The second-order valence-corrected chi connectivity index (χ2v) is 32.9. The molecule has 0 N–H and O–H groups in total. The molecular weight excluding hydrogens is 1190 g/mol. The van der Waals surface area contributed by atoms with Crippen molar-refractivity contribution in [1.29, 1.82) is 5.26 Å². The van der Waals surface area contributed by atoms with E-state index in [1.807, 2.05) is 12.1 Å². The van der Waals surface area contributed by atoms with Crippen LogP contribution < -0.4 is 0 Å². The molecule has 0 radical (unpaired) electrons. The molecule has 0 amide bonds. The van der Waals surface area contributed by atoms with Gasteiger partial charge < -0.3 is 9.13 Å². The number of para-hydroxylation sites is 2. The standard InChI is InChI=1S/C92H84N6/c1-87(2,3)60-41-58(42-61(47-60)88(4,5)6)84-94-85(59-43-62(89(7,8)9)48-63(44-59)90(10,11)12)96-86(95-84)73-46-57(38-40-81(73)98-79-32-24-20-28-67(79)72-50-70-65-26-18-22-30-75(65)92(15,16)77(70)52-83(72)98)68-45-56(55-35-33-54(53-93)34-36-55)37-39-80(68)97-78-31-23-19-27-66(78)71-49-69-64-25-17-21-29-74(64)91(13,14)76(69)51-82(71)97/h17-52H,1-16H3. The lowest BCUT2D eigenvalue weighted by molar-refractivity contribution is 0.568. The minimum Gasteiger partial charge on any atom is -0.309 e. The van der Waals surface area contributed by atoms with Gasteiger partial charge in [-0.1, -0.05) is 232 Å². The fourth-order valence-corrected chi connectivity index (χ4v) is 15.8. The summed E-state index contributed by atoms with van der Waals surface area (Å²) in [6, 6.07) is 83.9. The van der Waals surface area contributed by atoms with Crippen LogP contribution in [0, 0.1) is 11.3 Å². The predicted octanol–water partition coefficient (Wildman–Crippen LogP) is 24.1. The lowest BCUT2D eigenvalue weighted by Crippen LogP contribution is -2.17. The minimum atomic E-state index is -0.254. The fraction of sp³-hybridized carbons (Fsp3) is 0.239. The van der Waals surface area contributed by atoms with Crippen molar-refractivity contribution in [3.63, 3.8) is 0 Å². The molecule has 6 heteroatoms. The van der Waals surface area contributed by atoms with Gasteiger partial charge in [0.2, 0.25) is 0 Å². The van der Waals surface area contributed by atoms with Crippen LogP contribution in [0.15, 0.2) is 218 Å². The molecule has 3 heterocycles. The first kappa shape index (κ1) is 62.3. The topological polar surface area (TPSA) is 72.3 Å². The van der Waals surface area contributed by atoms with Gasteiger partial charge in [-0.15, -0.1) is 0 Å². The molecule has 0 aliphatic heterocycles. The number of hydrogen-bond donors (Lipinski definition) is 0. The van der Waals surface area contributed by atoms with E-state index in [1.54, 1.807) is 0 Å². The van der Waals surface area contributed by atoms with Crippen molar-refractivity contribution in [2.75, 3.05) is 0 Å². The third kappa shape index (κ3) is 9.97. The van der Waals surface area contributed by atoms with Crippen molar-refractivity contribution in [2.45, 2.75) is 143 Å². The Morgan fingerprint density at radius 2 is 0.673 bits per heavy atom. The Balaban J connectivity index is 1.04. The Kier molecular flexibility index (Phi) is 13.8. The Bertz CT molecular complexity index is 5570. The Morgan fingerprint density at radius 1 is 0.296 bits per heavy atom. The highest BCUT2D eigenvalue weighted by atomic mass is 15.1.